The molecule has 0 unspecified atom stereocenters. The highest BCUT2D eigenvalue weighted by molar-refractivity contribution is 7.80. The monoisotopic (exact) mass is 496 g/mol. The Kier molecular flexibility index (Phi) is 6.83. The van der Waals surface area contributed by atoms with E-state index in [2.05, 4.69) is 27.6 Å². The number of nitrogens with zero attached hydrogens (tertiary/aromatic N) is 2. The molecule has 35 heavy (non-hydrogen) atoms. The summed E-state index contributed by atoms with van der Waals surface area (Å²) in [5.74, 6) is -3.81. The number of aromatic amines is 1. The van der Waals surface area contributed by atoms with Crippen LogP contribution >= 0.6 is 12.6 Å². The molecule has 176 valence electrons. The van der Waals surface area contributed by atoms with Crippen LogP contribution in [0.4, 0.5) is 23.2 Å². The largest absolute Gasteiger partial charge is 0.396 e. The Morgan fingerprint density at radius 1 is 0.943 bits per heavy atom. The number of halogens is 4. The van der Waals surface area contributed by atoms with Crippen molar-refractivity contribution in [2.45, 2.75) is 4.90 Å². The molecule has 0 radical (unpaired) electrons. The quantitative estimate of drug-likeness (QED) is 0.124. The lowest BCUT2D eigenvalue weighted by Crippen LogP contribution is -2.09. The predicted octanol–water partition coefficient (Wildman–Crippen LogP) is 5.97. The Labute approximate surface area is 202 Å². The summed E-state index contributed by atoms with van der Waals surface area (Å²) >= 11 is 3.65. The van der Waals surface area contributed by atoms with E-state index in [9.17, 15) is 22.4 Å². The van der Waals surface area contributed by atoms with Gasteiger partial charge in [0.2, 0.25) is 5.78 Å². The lowest BCUT2D eigenvalue weighted by atomic mass is 10.00. The number of nitrogens with two attached hydrogens (primary N) is 1. The molecule has 2 aromatic carbocycles. The number of rotatable bonds is 3. The van der Waals surface area contributed by atoms with Crippen molar-refractivity contribution in [3.8, 4) is 11.1 Å². The molecule has 0 aliphatic rings. The van der Waals surface area contributed by atoms with E-state index in [0.29, 0.717) is 11.0 Å². The van der Waals surface area contributed by atoms with Gasteiger partial charge in [-0.25, -0.2) is 22.5 Å². The van der Waals surface area contributed by atoms with E-state index >= 15 is 0 Å². The highest BCUT2D eigenvalue weighted by Crippen LogP contribution is 2.28. The molecule has 0 fully saturated rings. The zero-order valence-corrected chi connectivity index (χ0v) is 18.7. The SMILES string of the molecule is Fc1ccc(F)c(S)c1.Nc1ccc(F)c(C(=O)c2c[nH]c3ncc(-c4cccnc4)cc23)c1F. The highest BCUT2D eigenvalue weighted by atomic mass is 32.1. The summed E-state index contributed by atoms with van der Waals surface area (Å²) in [6, 6.07) is 10.5. The molecule has 3 aromatic heterocycles. The summed E-state index contributed by atoms with van der Waals surface area (Å²) in [5.41, 5.74) is 6.59. The van der Waals surface area contributed by atoms with Crippen LogP contribution in [0.1, 0.15) is 15.9 Å². The average molecular weight is 496 g/mol. The minimum Gasteiger partial charge on any atom is -0.396 e. The number of thiol groups is 1. The van der Waals surface area contributed by atoms with Crippen molar-refractivity contribution in [1.29, 1.82) is 0 Å². The van der Waals surface area contributed by atoms with Crippen LogP contribution in [-0.2, 0) is 0 Å². The van der Waals surface area contributed by atoms with Gasteiger partial charge in [0.1, 0.15) is 23.1 Å². The maximum absolute atomic E-state index is 14.2. The average Bonchev–Trinajstić information content (AvgIpc) is 3.28. The van der Waals surface area contributed by atoms with Gasteiger partial charge < -0.3 is 10.7 Å². The van der Waals surface area contributed by atoms with Gasteiger partial charge in [0.15, 0.2) is 5.82 Å². The molecule has 0 saturated carbocycles. The van der Waals surface area contributed by atoms with Gasteiger partial charge in [-0.2, -0.15) is 0 Å². The summed E-state index contributed by atoms with van der Waals surface area (Å²) < 4.78 is 52.7. The van der Waals surface area contributed by atoms with Crippen LogP contribution in [0.15, 0.2) is 78.2 Å². The molecule has 0 aliphatic heterocycles. The van der Waals surface area contributed by atoms with E-state index in [1.54, 1.807) is 30.7 Å². The minimum absolute atomic E-state index is 0.0370. The molecular weight excluding hydrogens is 480 g/mol. The van der Waals surface area contributed by atoms with Gasteiger partial charge in [-0.05, 0) is 42.5 Å². The zero-order valence-electron chi connectivity index (χ0n) is 17.8. The van der Waals surface area contributed by atoms with Crippen molar-refractivity contribution >= 4 is 35.1 Å². The Balaban J connectivity index is 0.000000271. The van der Waals surface area contributed by atoms with E-state index in [1.807, 2.05) is 6.07 Å². The third kappa shape index (κ3) is 5.02. The Bertz CT molecular complexity index is 1540. The second-order valence-electron chi connectivity index (χ2n) is 7.31. The molecule has 0 bridgehead atoms. The summed E-state index contributed by atoms with van der Waals surface area (Å²) in [4.78, 5) is 24.0. The molecule has 0 atom stereocenters. The van der Waals surface area contributed by atoms with Crippen LogP contribution in [0.25, 0.3) is 22.2 Å². The number of nitrogens with one attached hydrogen (secondary N) is 1. The molecule has 5 rings (SSSR count). The Morgan fingerprint density at radius 3 is 2.40 bits per heavy atom. The lowest BCUT2D eigenvalue weighted by Gasteiger charge is -2.06. The van der Waals surface area contributed by atoms with Crippen molar-refractivity contribution in [1.82, 2.24) is 15.0 Å². The van der Waals surface area contributed by atoms with Gasteiger partial charge in [0.25, 0.3) is 0 Å². The highest BCUT2D eigenvalue weighted by Gasteiger charge is 2.23. The predicted molar refractivity (Wildman–Crippen MR) is 127 cm³/mol. The van der Waals surface area contributed by atoms with Gasteiger partial charge >= 0.3 is 0 Å². The molecule has 5 nitrogen and oxygen atoms in total. The van der Waals surface area contributed by atoms with E-state index in [1.165, 1.54) is 6.20 Å². The van der Waals surface area contributed by atoms with Crippen molar-refractivity contribution in [2.24, 2.45) is 0 Å². The normalized spacial score (nSPS) is 10.7. The van der Waals surface area contributed by atoms with Crippen molar-refractivity contribution < 1.29 is 22.4 Å². The van der Waals surface area contributed by atoms with Crippen LogP contribution < -0.4 is 5.73 Å². The fourth-order valence-electron chi connectivity index (χ4n) is 3.28. The van der Waals surface area contributed by atoms with E-state index < -0.39 is 34.6 Å². The first kappa shape index (κ1) is 24.0. The molecule has 0 saturated heterocycles. The third-order valence-corrected chi connectivity index (χ3v) is 5.37. The van der Waals surface area contributed by atoms with Gasteiger partial charge in [0, 0.05) is 51.8 Å². The van der Waals surface area contributed by atoms with Crippen molar-refractivity contribution in [2.75, 3.05) is 5.73 Å². The number of hydrogen-bond donors (Lipinski definition) is 3. The third-order valence-electron chi connectivity index (χ3n) is 5.03. The van der Waals surface area contributed by atoms with E-state index in [4.69, 9.17) is 5.73 Å². The summed E-state index contributed by atoms with van der Waals surface area (Å²) in [7, 11) is 0. The number of carbonyl (C=O) groups excluding carboxylic acids is 1. The molecular formula is C25H16F4N4OS. The zero-order chi connectivity index (χ0) is 25.1. The summed E-state index contributed by atoms with van der Waals surface area (Å²) in [6.45, 7) is 0. The first-order valence-corrected chi connectivity index (χ1v) is 10.5. The van der Waals surface area contributed by atoms with Crippen LogP contribution in [0, 0.1) is 23.3 Å². The number of benzene rings is 2. The number of nitrogen functional groups attached to an aromatic ring is 1. The molecule has 0 amide bonds. The van der Waals surface area contributed by atoms with E-state index in [-0.39, 0.29) is 16.1 Å². The van der Waals surface area contributed by atoms with Crippen molar-refractivity contribution in [3.63, 3.8) is 0 Å². The maximum atomic E-state index is 14.2. The van der Waals surface area contributed by atoms with Crippen LogP contribution in [0.2, 0.25) is 0 Å². The molecule has 10 heteroatoms. The lowest BCUT2D eigenvalue weighted by molar-refractivity contribution is 0.103. The van der Waals surface area contributed by atoms with Gasteiger partial charge in [-0.3, -0.25) is 9.78 Å². The number of ketones is 1. The van der Waals surface area contributed by atoms with Gasteiger partial charge in [-0.15, -0.1) is 12.6 Å². The smallest absolute Gasteiger partial charge is 0.201 e. The van der Waals surface area contributed by atoms with Gasteiger partial charge in [-0.1, -0.05) is 6.07 Å². The van der Waals surface area contributed by atoms with E-state index in [0.717, 1.165) is 41.5 Å². The molecule has 3 N–H and O–H groups in total. The first-order chi connectivity index (χ1) is 16.8. The number of H-pyrrole nitrogens is 1. The first-order valence-electron chi connectivity index (χ1n) is 10.1. The van der Waals surface area contributed by atoms with Gasteiger partial charge in [0.05, 0.1) is 11.3 Å². The second-order valence-corrected chi connectivity index (χ2v) is 7.80. The maximum Gasteiger partial charge on any atom is 0.201 e. The summed E-state index contributed by atoms with van der Waals surface area (Å²) in [5, 5.41) is 0.456. The Hall–Kier alpha value is -4.18. The molecule has 5 aromatic rings. The number of fused-ring (bicyclic) bond motifs is 1. The van der Waals surface area contributed by atoms with Crippen LogP contribution in [-0.4, -0.2) is 20.7 Å². The van der Waals surface area contributed by atoms with Crippen LogP contribution in [0.3, 0.4) is 0 Å². The molecule has 0 spiro atoms. The molecule has 0 aliphatic carbocycles. The minimum atomic E-state index is -1.07. The number of carbonyl (C=O) groups is 1. The number of hydrogen-bond acceptors (Lipinski definition) is 5. The summed E-state index contributed by atoms with van der Waals surface area (Å²) in [6.07, 6.45) is 6.32. The number of aromatic nitrogens is 3. The fraction of sp³-hybridized carbons (Fsp3) is 0. The standard InChI is InChI=1S/C19H12F2N4O.C6H4F2S/c20-14-3-4-15(22)17(21)16(14)18(26)13-9-25-19-12(13)6-11(8-24-19)10-2-1-5-23-7-10;7-4-1-2-5(8)6(9)3-4/h1-9H,22H2,(H,24,25);1-3,9H. The van der Waals surface area contributed by atoms with Crippen LogP contribution in [0.5, 0.6) is 0 Å². The fourth-order valence-corrected chi connectivity index (χ4v) is 3.48. The Morgan fingerprint density at radius 2 is 1.71 bits per heavy atom. The number of anilines is 1. The molecule has 3 heterocycles. The second kappa shape index (κ2) is 9.98. The topological polar surface area (TPSA) is 84.7 Å². The van der Waals surface area contributed by atoms with Crippen molar-refractivity contribution in [3.05, 3.63) is 108 Å². The number of pyridine rings is 2.